The van der Waals surface area contributed by atoms with Crippen LogP contribution in [0.5, 0.6) is 11.5 Å². The highest BCUT2D eigenvalue weighted by Crippen LogP contribution is 2.37. The van der Waals surface area contributed by atoms with E-state index >= 15 is 0 Å². The van der Waals surface area contributed by atoms with Gasteiger partial charge < -0.3 is 24.6 Å². The fourth-order valence-electron chi connectivity index (χ4n) is 4.95. The molecule has 1 fully saturated rings. The monoisotopic (exact) mass is 612 g/mol. The maximum atomic E-state index is 13.4. The lowest BCUT2D eigenvalue weighted by Crippen LogP contribution is -2.37. The molecule has 5 rings (SSSR count). The zero-order chi connectivity index (χ0) is 30.9. The Labute approximate surface area is 240 Å². The molecule has 0 radical (unpaired) electrons. The van der Waals surface area contributed by atoms with Crippen LogP contribution >= 0.6 is 0 Å². The van der Waals surface area contributed by atoms with Gasteiger partial charge in [0.25, 0.3) is 11.5 Å². The molecule has 4 heterocycles. The van der Waals surface area contributed by atoms with Gasteiger partial charge in [0.15, 0.2) is 11.6 Å². The second-order valence-corrected chi connectivity index (χ2v) is 10.3. The van der Waals surface area contributed by atoms with Crippen LogP contribution in [0.25, 0.3) is 0 Å². The SMILES string of the molecule is C[C@@H](COc1cccc(C(=O)N2CCN3CC(COc4cc(C(F)(F)F)cnc43)C2)c1)Nc1cn[nH]c(=O)c1C(F)(F)F. The minimum Gasteiger partial charge on any atom is -0.491 e. The smallest absolute Gasteiger partial charge is 0.423 e. The number of aromatic nitrogens is 3. The molecule has 0 aliphatic carbocycles. The van der Waals surface area contributed by atoms with Crippen LogP contribution in [0, 0.1) is 5.92 Å². The van der Waals surface area contributed by atoms with Crippen molar-refractivity contribution in [3.63, 3.8) is 0 Å². The number of carbonyl (C=O) groups is 1. The highest BCUT2D eigenvalue weighted by molar-refractivity contribution is 5.94. The molecule has 1 amide bonds. The average Bonchev–Trinajstić information content (AvgIpc) is 3.26. The highest BCUT2D eigenvalue weighted by Gasteiger charge is 2.38. The van der Waals surface area contributed by atoms with Crippen LogP contribution in [0.1, 0.15) is 28.4 Å². The van der Waals surface area contributed by atoms with Crippen molar-refractivity contribution in [1.82, 2.24) is 20.1 Å². The Morgan fingerprint density at radius 2 is 1.93 bits per heavy atom. The summed E-state index contributed by atoms with van der Waals surface area (Å²) in [5, 5.41) is 7.78. The Bertz CT molecular complexity index is 1550. The number of nitrogens with one attached hydrogen (secondary N) is 2. The number of fused-ring (bicyclic) bond motifs is 4. The van der Waals surface area contributed by atoms with Crippen LogP contribution in [0.4, 0.5) is 37.8 Å². The minimum atomic E-state index is -4.89. The third-order valence-corrected chi connectivity index (χ3v) is 6.94. The molecule has 2 aliphatic heterocycles. The summed E-state index contributed by atoms with van der Waals surface area (Å²) in [6, 6.07) is 6.59. The number of halogens is 6. The predicted molar refractivity (Wildman–Crippen MR) is 141 cm³/mol. The van der Waals surface area contributed by atoms with E-state index < -0.39 is 40.8 Å². The number of amides is 1. The summed E-state index contributed by atoms with van der Waals surface area (Å²) in [5.41, 5.74) is -3.84. The zero-order valence-corrected chi connectivity index (χ0v) is 22.6. The van der Waals surface area contributed by atoms with E-state index in [9.17, 15) is 35.9 Å². The van der Waals surface area contributed by atoms with Gasteiger partial charge in [0, 0.05) is 43.9 Å². The molecular formula is C27H26F6N6O4. The molecule has 0 saturated carbocycles. The standard InChI is InChI=1S/C27H26F6N6O4/c1-15(36-20-10-35-37-24(40)22(20)27(31,32)33)13-42-19-4-2-3-17(7-19)25(41)39-6-5-38-11-16(12-39)14-43-21-8-18(26(28,29)30)9-34-23(21)38/h2-4,7-10,15-16H,5-6,11-14H2,1H3,(H2,36,37,40)/t15-,16?/m0/s1. The van der Waals surface area contributed by atoms with Gasteiger partial charge in [-0.3, -0.25) is 9.59 Å². The van der Waals surface area contributed by atoms with Gasteiger partial charge in [0.05, 0.1) is 30.1 Å². The third-order valence-electron chi connectivity index (χ3n) is 6.94. The molecule has 2 bridgehead atoms. The maximum Gasteiger partial charge on any atom is 0.423 e. The van der Waals surface area contributed by atoms with Crippen LogP contribution in [0.3, 0.4) is 0 Å². The Kier molecular flexibility index (Phi) is 8.12. The number of hydrogen-bond acceptors (Lipinski definition) is 8. The molecule has 16 heteroatoms. The van der Waals surface area contributed by atoms with E-state index in [0.29, 0.717) is 36.8 Å². The largest absolute Gasteiger partial charge is 0.491 e. The molecule has 2 N–H and O–H groups in total. The molecular weight excluding hydrogens is 586 g/mol. The molecule has 1 unspecified atom stereocenters. The summed E-state index contributed by atoms with van der Waals surface area (Å²) in [6.45, 7) is 2.92. The highest BCUT2D eigenvalue weighted by atomic mass is 19.4. The van der Waals surface area contributed by atoms with Gasteiger partial charge in [-0.1, -0.05) is 6.07 Å². The molecule has 2 aliphatic rings. The first kappa shape index (κ1) is 30.0. The summed E-state index contributed by atoms with van der Waals surface area (Å²) >= 11 is 0. The van der Waals surface area contributed by atoms with Crippen molar-refractivity contribution >= 4 is 17.4 Å². The number of nitrogens with zero attached hydrogens (tertiary/aromatic N) is 4. The quantitative estimate of drug-likeness (QED) is 0.401. The summed E-state index contributed by atoms with van der Waals surface area (Å²) in [7, 11) is 0. The first-order valence-corrected chi connectivity index (χ1v) is 13.2. The van der Waals surface area contributed by atoms with E-state index in [1.807, 2.05) is 4.90 Å². The number of H-pyrrole nitrogens is 1. The van der Waals surface area contributed by atoms with Crippen molar-refractivity contribution in [1.29, 1.82) is 0 Å². The van der Waals surface area contributed by atoms with Crippen LogP contribution in [0.2, 0.25) is 0 Å². The van der Waals surface area contributed by atoms with Gasteiger partial charge in [-0.15, -0.1) is 0 Å². The lowest BCUT2D eigenvalue weighted by atomic mass is 10.1. The Morgan fingerprint density at radius 1 is 1.14 bits per heavy atom. The Hall–Kier alpha value is -4.50. The van der Waals surface area contributed by atoms with Gasteiger partial charge in [0.1, 0.15) is 17.9 Å². The number of benzene rings is 1. The van der Waals surface area contributed by atoms with Crippen LogP contribution in [-0.2, 0) is 12.4 Å². The van der Waals surface area contributed by atoms with Crippen LogP contribution in [0.15, 0.2) is 47.5 Å². The van der Waals surface area contributed by atoms with E-state index in [0.717, 1.165) is 18.5 Å². The Balaban J connectivity index is 1.23. The molecule has 2 atom stereocenters. The topological polar surface area (TPSA) is 113 Å². The lowest BCUT2D eigenvalue weighted by molar-refractivity contribution is -0.138. The van der Waals surface area contributed by atoms with Gasteiger partial charge in [-0.2, -0.15) is 31.4 Å². The normalized spacial score (nSPS) is 17.7. The molecule has 10 nitrogen and oxygen atoms in total. The number of alkyl halides is 6. The van der Waals surface area contributed by atoms with E-state index in [-0.39, 0.29) is 37.3 Å². The second kappa shape index (κ2) is 11.6. The van der Waals surface area contributed by atoms with Crippen molar-refractivity contribution in [2.75, 3.05) is 49.6 Å². The molecule has 43 heavy (non-hydrogen) atoms. The first-order valence-electron chi connectivity index (χ1n) is 13.2. The molecule has 1 aromatic carbocycles. The van der Waals surface area contributed by atoms with E-state index in [1.165, 1.54) is 6.07 Å². The molecule has 2 aromatic heterocycles. The number of hydrogen-bond donors (Lipinski definition) is 2. The third kappa shape index (κ3) is 6.78. The van der Waals surface area contributed by atoms with Gasteiger partial charge in [-0.25, -0.2) is 10.1 Å². The van der Waals surface area contributed by atoms with Crippen molar-refractivity contribution in [2.24, 2.45) is 5.92 Å². The zero-order valence-electron chi connectivity index (χ0n) is 22.6. The molecule has 3 aromatic rings. The number of carbonyl (C=O) groups excluding carboxylic acids is 1. The van der Waals surface area contributed by atoms with Gasteiger partial charge >= 0.3 is 12.4 Å². The summed E-state index contributed by atoms with van der Waals surface area (Å²) in [4.78, 5) is 32.6. The van der Waals surface area contributed by atoms with Crippen molar-refractivity contribution < 1.29 is 40.6 Å². The van der Waals surface area contributed by atoms with Gasteiger partial charge in [-0.05, 0) is 31.2 Å². The lowest BCUT2D eigenvalue weighted by Gasteiger charge is -2.25. The average molecular weight is 613 g/mol. The summed E-state index contributed by atoms with van der Waals surface area (Å²) in [5.74, 6) is 0.157. The summed E-state index contributed by atoms with van der Waals surface area (Å²) in [6.07, 6.45) is -7.80. The fraction of sp³-hybridized carbons (Fsp3) is 0.407. The Morgan fingerprint density at radius 3 is 2.67 bits per heavy atom. The predicted octanol–water partition coefficient (Wildman–Crippen LogP) is 4.05. The summed E-state index contributed by atoms with van der Waals surface area (Å²) < 4.78 is 90.8. The minimum absolute atomic E-state index is 0.0515. The first-order chi connectivity index (χ1) is 20.3. The molecule has 0 spiro atoms. The van der Waals surface area contributed by atoms with Crippen molar-refractivity contribution in [3.8, 4) is 11.5 Å². The fourth-order valence-corrected chi connectivity index (χ4v) is 4.95. The van der Waals surface area contributed by atoms with Crippen LogP contribution in [-0.4, -0.2) is 71.4 Å². The van der Waals surface area contributed by atoms with Crippen LogP contribution < -0.4 is 25.2 Å². The van der Waals surface area contributed by atoms with E-state index in [2.05, 4.69) is 15.4 Å². The van der Waals surface area contributed by atoms with Crippen molar-refractivity contribution in [3.05, 3.63) is 69.8 Å². The van der Waals surface area contributed by atoms with Gasteiger partial charge in [0.2, 0.25) is 0 Å². The number of anilines is 2. The number of pyridine rings is 1. The molecule has 230 valence electrons. The second-order valence-electron chi connectivity index (χ2n) is 10.3. The van der Waals surface area contributed by atoms with Crippen molar-refractivity contribution in [2.45, 2.75) is 25.3 Å². The molecule has 1 saturated heterocycles. The number of aromatic amines is 1. The van der Waals surface area contributed by atoms with E-state index in [4.69, 9.17) is 9.47 Å². The van der Waals surface area contributed by atoms with E-state index in [1.54, 1.807) is 35.1 Å². The number of rotatable bonds is 6. The number of ether oxygens (including phenoxy) is 2. The maximum absolute atomic E-state index is 13.4.